The molecule has 3 rings (SSSR count). The predicted octanol–water partition coefficient (Wildman–Crippen LogP) is 3.16. The fraction of sp³-hybridized carbons (Fsp3) is 0.533. The molecule has 1 aliphatic rings. The smallest absolute Gasteiger partial charge is 0.0672 e. The Hall–Kier alpha value is -1.71. The van der Waals surface area contributed by atoms with E-state index in [1.54, 1.807) is 0 Å². The van der Waals surface area contributed by atoms with Crippen LogP contribution in [-0.4, -0.2) is 23.3 Å². The molecule has 2 aromatic rings. The molecule has 0 aliphatic heterocycles. The summed E-state index contributed by atoms with van der Waals surface area (Å²) in [6, 6.07) is 4.73. The molecule has 0 amide bonds. The average molecular weight is 258 g/mol. The summed E-state index contributed by atoms with van der Waals surface area (Å²) in [6.07, 6.45) is 7.09. The van der Waals surface area contributed by atoms with Crippen LogP contribution in [0.15, 0.2) is 18.3 Å². The zero-order chi connectivity index (χ0) is 13.4. The number of rotatable bonds is 2. The summed E-state index contributed by atoms with van der Waals surface area (Å²) in [5.41, 5.74) is 9.23. The molecule has 1 aromatic heterocycles. The van der Waals surface area contributed by atoms with Gasteiger partial charge in [0, 0.05) is 18.5 Å². The Balaban J connectivity index is 1.95. The molecule has 1 heterocycles. The first-order valence-electron chi connectivity index (χ1n) is 7.12. The van der Waals surface area contributed by atoms with E-state index in [-0.39, 0.29) is 0 Å². The molecule has 102 valence electrons. The van der Waals surface area contributed by atoms with Crippen LogP contribution in [0.4, 0.5) is 11.4 Å². The quantitative estimate of drug-likeness (QED) is 0.813. The predicted molar refractivity (Wildman–Crippen MR) is 80.3 cm³/mol. The number of anilines is 2. The van der Waals surface area contributed by atoms with Gasteiger partial charge in [0.2, 0.25) is 0 Å². The van der Waals surface area contributed by atoms with Gasteiger partial charge in [-0.3, -0.25) is 5.10 Å². The van der Waals surface area contributed by atoms with Crippen molar-refractivity contribution in [3.63, 3.8) is 0 Å². The van der Waals surface area contributed by atoms with Gasteiger partial charge in [-0.2, -0.15) is 5.10 Å². The molecule has 19 heavy (non-hydrogen) atoms. The maximum absolute atomic E-state index is 6.22. The molecular weight excluding hydrogens is 236 g/mol. The van der Waals surface area contributed by atoms with Crippen molar-refractivity contribution in [3.8, 4) is 0 Å². The number of aromatic nitrogens is 2. The van der Waals surface area contributed by atoms with Gasteiger partial charge in [-0.25, -0.2) is 0 Å². The maximum atomic E-state index is 6.22. The van der Waals surface area contributed by atoms with E-state index in [0.717, 1.165) is 28.2 Å². The summed E-state index contributed by atoms with van der Waals surface area (Å²) in [4.78, 5) is 2.36. The van der Waals surface area contributed by atoms with Crippen molar-refractivity contribution in [3.05, 3.63) is 18.3 Å². The van der Waals surface area contributed by atoms with Crippen molar-refractivity contribution < 1.29 is 0 Å². The summed E-state index contributed by atoms with van der Waals surface area (Å²) in [5.74, 6) is 0.732. The third kappa shape index (κ3) is 2.15. The Labute approximate surface area is 114 Å². The summed E-state index contributed by atoms with van der Waals surface area (Å²) < 4.78 is 0. The van der Waals surface area contributed by atoms with Crippen LogP contribution in [0.1, 0.15) is 32.6 Å². The molecule has 2 atom stereocenters. The average Bonchev–Trinajstić information content (AvgIpc) is 2.84. The number of nitrogen functional groups attached to an aromatic ring is 1. The SMILES string of the molecule is CC1CCCCC1N(C)c1cc2[nH]ncc2cc1N. The third-order valence-electron chi connectivity index (χ3n) is 4.53. The van der Waals surface area contributed by atoms with E-state index in [4.69, 9.17) is 5.73 Å². The Morgan fingerprint density at radius 1 is 1.32 bits per heavy atom. The van der Waals surface area contributed by atoms with Crippen LogP contribution in [0.5, 0.6) is 0 Å². The van der Waals surface area contributed by atoms with Crippen molar-refractivity contribution in [1.82, 2.24) is 10.2 Å². The van der Waals surface area contributed by atoms with Crippen molar-refractivity contribution in [1.29, 1.82) is 0 Å². The van der Waals surface area contributed by atoms with E-state index in [0.29, 0.717) is 6.04 Å². The van der Waals surface area contributed by atoms with Crippen molar-refractivity contribution in [2.24, 2.45) is 5.92 Å². The fourth-order valence-corrected chi connectivity index (χ4v) is 3.35. The Morgan fingerprint density at radius 3 is 2.89 bits per heavy atom. The van der Waals surface area contributed by atoms with E-state index >= 15 is 0 Å². The molecule has 0 saturated heterocycles. The van der Waals surface area contributed by atoms with Gasteiger partial charge >= 0.3 is 0 Å². The van der Waals surface area contributed by atoms with Crippen LogP contribution in [0, 0.1) is 5.92 Å². The van der Waals surface area contributed by atoms with Crippen LogP contribution in [0.3, 0.4) is 0 Å². The minimum Gasteiger partial charge on any atom is -0.397 e. The second kappa shape index (κ2) is 4.76. The van der Waals surface area contributed by atoms with Crippen LogP contribution in [0.25, 0.3) is 10.9 Å². The van der Waals surface area contributed by atoms with Gasteiger partial charge in [0.1, 0.15) is 0 Å². The standard InChI is InChI=1S/C15H22N4/c1-10-5-3-4-6-14(10)19(2)15-8-13-11(7-12(15)16)9-17-18-13/h7-10,14H,3-6,16H2,1-2H3,(H,17,18). The first kappa shape index (κ1) is 12.3. The van der Waals surface area contributed by atoms with Gasteiger partial charge in [-0.15, -0.1) is 0 Å². The van der Waals surface area contributed by atoms with Gasteiger partial charge in [0.15, 0.2) is 0 Å². The Bertz CT molecular complexity index is 575. The monoisotopic (exact) mass is 258 g/mol. The zero-order valence-electron chi connectivity index (χ0n) is 11.7. The number of nitrogens with one attached hydrogen (secondary N) is 1. The minimum atomic E-state index is 0.594. The van der Waals surface area contributed by atoms with Crippen molar-refractivity contribution in [2.75, 3.05) is 17.7 Å². The Morgan fingerprint density at radius 2 is 2.11 bits per heavy atom. The number of hydrogen-bond acceptors (Lipinski definition) is 3. The highest BCUT2D eigenvalue weighted by atomic mass is 15.2. The number of fused-ring (bicyclic) bond motifs is 1. The topological polar surface area (TPSA) is 57.9 Å². The van der Waals surface area contributed by atoms with Crippen LogP contribution in [-0.2, 0) is 0 Å². The molecule has 1 saturated carbocycles. The first-order valence-corrected chi connectivity index (χ1v) is 7.12. The molecular formula is C15H22N4. The van der Waals surface area contributed by atoms with E-state index in [1.807, 2.05) is 12.3 Å². The summed E-state index contributed by atoms with van der Waals surface area (Å²) >= 11 is 0. The lowest BCUT2D eigenvalue weighted by Crippen LogP contribution is -2.39. The van der Waals surface area contributed by atoms with Crippen molar-refractivity contribution in [2.45, 2.75) is 38.6 Å². The van der Waals surface area contributed by atoms with Gasteiger partial charge in [0.25, 0.3) is 0 Å². The zero-order valence-corrected chi connectivity index (χ0v) is 11.7. The van der Waals surface area contributed by atoms with Gasteiger partial charge in [-0.1, -0.05) is 19.8 Å². The lowest BCUT2D eigenvalue weighted by Gasteiger charge is -2.38. The van der Waals surface area contributed by atoms with Crippen LogP contribution < -0.4 is 10.6 Å². The molecule has 1 fully saturated rings. The summed E-state index contributed by atoms with van der Waals surface area (Å²) in [5, 5.41) is 8.17. The molecule has 0 spiro atoms. The molecule has 4 nitrogen and oxygen atoms in total. The molecule has 0 radical (unpaired) electrons. The first-order chi connectivity index (χ1) is 9.16. The van der Waals surface area contributed by atoms with E-state index in [9.17, 15) is 0 Å². The second-order valence-electron chi connectivity index (χ2n) is 5.81. The summed E-state index contributed by atoms with van der Waals surface area (Å²) in [6.45, 7) is 2.35. The lowest BCUT2D eigenvalue weighted by atomic mass is 9.85. The molecule has 0 bridgehead atoms. The van der Waals surface area contributed by atoms with Crippen LogP contribution >= 0.6 is 0 Å². The van der Waals surface area contributed by atoms with Crippen LogP contribution in [0.2, 0.25) is 0 Å². The molecule has 1 aliphatic carbocycles. The fourth-order valence-electron chi connectivity index (χ4n) is 3.35. The number of benzene rings is 1. The number of nitrogens with two attached hydrogens (primary N) is 1. The van der Waals surface area contributed by atoms with Gasteiger partial charge < -0.3 is 10.6 Å². The lowest BCUT2D eigenvalue weighted by molar-refractivity contribution is 0.322. The third-order valence-corrected chi connectivity index (χ3v) is 4.53. The summed E-state index contributed by atoms with van der Waals surface area (Å²) in [7, 11) is 2.17. The normalized spacial score (nSPS) is 23.7. The van der Waals surface area contributed by atoms with Crippen molar-refractivity contribution >= 4 is 22.3 Å². The highest BCUT2D eigenvalue weighted by molar-refractivity contribution is 5.88. The molecule has 2 unspecified atom stereocenters. The number of nitrogens with zero attached hydrogens (tertiary/aromatic N) is 2. The largest absolute Gasteiger partial charge is 0.397 e. The molecule has 3 N–H and O–H groups in total. The maximum Gasteiger partial charge on any atom is 0.0672 e. The van der Waals surface area contributed by atoms with E-state index in [1.165, 1.54) is 25.7 Å². The number of aromatic amines is 1. The molecule has 4 heteroatoms. The van der Waals surface area contributed by atoms with E-state index < -0.39 is 0 Å². The van der Waals surface area contributed by atoms with Gasteiger partial charge in [-0.05, 0) is 30.9 Å². The van der Waals surface area contributed by atoms with E-state index in [2.05, 4.69) is 35.1 Å². The molecule has 1 aromatic carbocycles. The number of H-pyrrole nitrogens is 1. The highest BCUT2D eigenvalue weighted by Gasteiger charge is 2.26. The second-order valence-corrected chi connectivity index (χ2v) is 5.81. The van der Waals surface area contributed by atoms with Gasteiger partial charge in [0.05, 0.1) is 23.1 Å². The highest BCUT2D eigenvalue weighted by Crippen LogP contribution is 2.34. The number of hydrogen-bond donors (Lipinski definition) is 2. The Kier molecular flexibility index (Phi) is 3.09. The minimum absolute atomic E-state index is 0.594.